The number of ether oxygens (including phenoxy) is 2. The van der Waals surface area contributed by atoms with Gasteiger partial charge in [-0.25, -0.2) is 0 Å². The van der Waals surface area contributed by atoms with Crippen LogP contribution in [0.15, 0.2) is 0 Å². The third-order valence-corrected chi connectivity index (χ3v) is 3.25. The van der Waals surface area contributed by atoms with Crippen molar-refractivity contribution in [1.29, 1.82) is 0 Å². The van der Waals surface area contributed by atoms with Gasteiger partial charge < -0.3 is 9.47 Å². The highest BCUT2D eigenvalue weighted by Crippen LogP contribution is 2.32. The molecule has 2 heterocycles. The Labute approximate surface area is 65.3 Å². The second-order valence-corrected chi connectivity index (χ2v) is 3.99. The summed E-state index contributed by atoms with van der Waals surface area (Å²) < 4.78 is 10.9. The minimum atomic E-state index is 0.126. The zero-order chi connectivity index (χ0) is 6.86. The SMILES string of the molecule is C1CSCC2(CCO2)CO1. The highest BCUT2D eigenvalue weighted by Gasteiger charge is 2.39. The monoisotopic (exact) mass is 160 g/mol. The molecule has 0 aromatic heterocycles. The molecule has 58 valence electrons. The van der Waals surface area contributed by atoms with E-state index in [-0.39, 0.29) is 5.60 Å². The number of hydrogen-bond donors (Lipinski definition) is 0. The maximum absolute atomic E-state index is 5.49. The van der Waals surface area contributed by atoms with Gasteiger partial charge in [0.15, 0.2) is 0 Å². The van der Waals surface area contributed by atoms with Gasteiger partial charge in [0.2, 0.25) is 0 Å². The summed E-state index contributed by atoms with van der Waals surface area (Å²) in [6.45, 7) is 2.65. The summed E-state index contributed by atoms with van der Waals surface area (Å²) >= 11 is 1.95. The molecule has 2 aliphatic heterocycles. The first-order chi connectivity index (χ1) is 4.91. The topological polar surface area (TPSA) is 18.5 Å². The summed E-state index contributed by atoms with van der Waals surface area (Å²) in [4.78, 5) is 0. The van der Waals surface area contributed by atoms with Crippen molar-refractivity contribution in [2.24, 2.45) is 0 Å². The number of rotatable bonds is 0. The summed E-state index contributed by atoms with van der Waals surface area (Å²) in [6.07, 6.45) is 1.19. The van der Waals surface area contributed by atoms with E-state index in [1.54, 1.807) is 0 Å². The van der Waals surface area contributed by atoms with Crippen LogP contribution >= 0.6 is 11.8 Å². The van der Waals surface area contributed by atoms with Crippen LogP contribution in [0.4, 0.5) is 0 Å². The summed E-state index contributed by atoms with van der Waals surface area (Å²) in [5, 5.41) is 0. The molecule has 2 rings (SSSR count). The van der Waals surface area contributed by atoms with Crippen molar-refractivity contribution in [1.82, 2.24) is 0 Å². The van der Waals surface area contributed by atoms with Crippen LogP contribution in [0.5, 0.6) is 0 Å². The van der Waals surface area contributed by atoms with Crippen molar-refractivity contribution in [2.45, 2.75) is 12.0 Å². The maximum Gasteiger partial charge on any atom is 0.103 e. The van der Waals surface area contributed by atoms with Gasteiger partial charge in [-0.3, -0.25) is 0 Å². The summed E-state index contributed by atoms with van der Waals surface area (Å²) in [5.74, 6) is 2.26. The lowest BCUT2D eigenvalue weighted by Crippen LogP contribution is -2.49. The molecule has 1 spiro atoms. The lowest BCUT2D eigenvalue weighted by molar-refractivity contribution is -0.162. The first kappa shape index (κ1) is 6.95. The van der Waals surface area contributed by atoms with Crippen LogP contribution in [0.2, 0.25) is 0 Å². The Bertz CT molecular complexity index is 113. The average Bonchev–Trinajstić information content (AvgIpc) is 2.08. The van der Waals surface area contributed by atoms with E-state index in [0.717, 1.165) is 31.3 Å². The van der Waals surface area contributed by atoms with Crippen LogP contribution in [-0.2, 0) is 9.47 Å². The molecule has 0 saturated carbocycles. The van der Waals surface area contributed by atoms with E-state index in [4.69, 9.17) is 9.47 Å². The van der Waals surface area contributed by atoms with E-state index in [2.05, 4.69) is 0 Å². The summed E-state index contributed by atoms with van der Waals surface area (Å²) in [7, 11) is 0. The molecule has 2 aliphatic rings. The van der Waals surface area contributed by atoms with E-state index in [1.807, 2.05) is 11.8 Å². The van der Waals surface area contributed by atoms with E-state index in [1.165, 1.54) is 6.42 Å². The summed E-state index contributed by atoms with van der Waals surface area (Å²) in [6, 6.07) is 0. The average molecular weight is 160 g/mol. The normalized spacial score (nSPS) is 40.8. The van der Waals surface area contributed by atoms with Crippen LogP contribution in [0.25, 0.3) is 0 Å². The highest BCUT2D eigenvalue weighted by molar-refractivity contribution is 7.99. The minimum Gasteiger partial charge on any atom is -0.378 e. The number of hydrogen-bond acceptors (Lipinski definition) is 3. The van der Waals surface area contributed by atoms with Gasteiger partial charge in [-0.1, -0.05) is 0 Å². The van der Waals surface area contributed by atoms with Gasteiger partial charge in [-0.2, -0.15) is 11.8 Å². The Morgan fingerprint density at radius 1 is 1.30 bits per heavy atom. The highest BCUT2D eigenvalue weighted by atomic mass is 32.2. The molecule has 1 unspecified atom stereocenters. The van der Waals surface area contributed by atoms with E-state index >= 15 is 0 Å². The third kappa shape index (κ3) is 1.18. The minimum absolute atomic E-state index is 0.126. The van der Waals surface area contributed by atoms with Crippen LogP contribution in [0.3, 0.4) is 0 Å². The van der Waals surface area contributed by atoms with Crippen molar-refractivity contribution < 1.29 is 9.47 Å². The first-order valence-electron chi connectivity index (χ1n) is 3.71. The molecule has 0 amide bonds. The Hall–Kier alpha value is 0.270. The molecule has 2 fully saturated rings. The van der Waals surface area contributed by atoms with Crippen molar-refractivity contribution in [3.05, 3.63) is 0 Å². The van der Waals surface area contributed by atoms with E-state index in [0.29, 0.717) is 0 Å². The molecular formula is C7H12O2S. The molecule has 0 aliphatic carbocycles. The quantitative estimate of drug-likeness (QED) is 0.525. The third-order valence-electron chi connectivity index (χ3n) is 2.07. The molecule has 2 nitrogen and oxygen atoms in total. The molecule has 0 aromatic rings. The molecule has 0 radical (unpaired) electrons. The van der Waals surface area contributed by atoms with Crippen molar-refractivity contribution in [3.63, 3.8) is 0 Å². The lowest BCUT2D eigenvalue weighted by atomic mass is 9.99. The predicted octanol–water partition coefficient (Wildman–Crippen LogP) is 0.909. The van der Waals surface area contributed by atoms with E-state index < -0.39 is 0 Å². The molecule has 3 heteroatoms. The van der Waals surface area contributed by atoms with Crippen molar-refractivity contribution in [3.8, 4) is 0 Å². The first-order valence-corrected chi connectivity index (χ1v) is 4.86. The maximum atomic E-state index is 5.49. The molecule has 1 atom stereocenters. The molecule has 10 heavy (non-hydrogen) atoms. The second-order valence-electron chi connectivity index (χ2n) is 2.89. The summed E-state index contributed by atoms with van der Waals surface area (Å²) in [5.41, 5.74) is 0.126. The molecular weight excluding hydrogens is 148 g/mol. The van der Waals surface area contributed by atoms with Crippen molar-refractivity contribution >= 4 is 11.8 Å². The van der Waals surface area contributed by atoms with Crippen LogP contribution < -0.4 is 0 Å². The standard InChI is InChI=1S/C7H12O2S/c1-2-9-7(1)5-8-3-4-10-6-7/h1-6H2. The fourth-order valence-corrected chi connectivity index (χ4v) is 2.36. The zero-order valence-corrected chi connectivity index (χ0v) is 6.78. The molecule has 0 N–H and O–H groups in total. The Balaban J connectivity index is 1.92. The van der Waals surface area contributed by atoms with Gasteiger partial charge >= 0.3 is 0 Å². The lowest BCUT2D eigenvalue weighted by Gasteiger charge is -2.40. The van der Waals surface area contributed by atoms with Crippen molar-refractivity contribution in [2.75, 3.05) is 31.3 Å². The van der Waals surface area contributed by atoms with Crippen LogP contribution in [-0.4, -0.2) is 36.9 Å². The predicted molar refractivity (Wildman–Crippen MR) is 41.4 cm³/mol. The molecule has 0 bridgehead atoms. The van der Waals surface area contributed by atoms with Gasteiger partial charge in [0, 0.05) is 17.9 Å². The number of thioether (sulfide) groups is 1. The smallest absolute Gasteiger partial charge is 0.103 e. The van der Waals surface area contributed by atoms with E-state index in [9.17, 15) is 0 Å². The van der Waals surface area contributed by atoms with Gasteiger partial charge in [-0.15, -0.1) is 0 Å². The van der Waals surface area contributed by atoms with Gasteiger partial charge in [0.1, 0.15) is 5.60 Å². The van der Waals surface area contributed by atoms with Gasteiger partial charge in [0.05, 0.1) is 19.8 Å². The van der Waals surface area contributed by atoms with Gasteiger partial charge in [-0.05, 0) is 0 Å². The van der Waals surface area contributed by atoms with Gasteiger partial charge in [0.25, 0.3) is 0 Å². The Morgan fingerprint density at radius 3 is 2.90 bits per heavy atom. The largest absolute Gasteiger partial charge is 0.378 e. The second kappa shape index (κ2) is 2.72. The molecule has 0 aromatic carbocycles. The Kier molecular flexibility index (Phi) is 1.89. The van der Waals surface area contributed by atoms with Crippen LogP contribution in [0, 0.1) is 0 Å². The molecule has 2 saturated heterocycles. The van der Waals surface area contributed by atoms with Crippen LogP contribution in [0.1, 0.15) is 6.42 Å². The Morgan fingerprint density at radius 2 is 2.20 bits per heavy atom. The fourth-order valence-electron chi connectivity index (χ4n) is 1.29. The fraction of sp³-hybridized carbons (Fsp3) is 1.00. The zero-order valence-electron chi connectivity index (χ0n) is 5.97.